The van der Waals surface area contributed by atoms with Gasteiger partial charge in [-0.2, -0.15) is 5.10 Å². The van der Waals surface area contributed by atoms with Crippen LogP contribution in [0.2, 0.25) is 0 Å². The molecule has 3 aromatic rings. The van der Waals surface area contributed by atoms with Gasteiger partial charge in [-0.1, -0.05) is 6.92 Å². The lowest BCUT2D eigenvalue weighted by Crippen LogP contribution is -2.32. The van der Waals surface area contributed by atoms with Crippen LogP contribution in [-0.2, 0) is 18.4 Å². The van der Waals surface area contributed by atoms with Gasteiger partial charge in [0, 0.05) is 31.5 Å². The van der Waals surface area contributed by atoms with Gasteiger partial charge < -0.3 is 10.2 Å². The van der Waals surface area contributed by atoms with Crippen LogP contribution >= 0.6 is 0 Å². The van der Waals surface area contributed by atoms with Gasteiger partial charge in [0.25, 0.3) is 5.56 Å². The van der Waals surface area contributed by atoms with Crippen LogP contribution < -0.4 is 15.8 Å². The number of aromatic nitrogens is 4. The molecule has 4 rings (SSSR count). The number of rotatable bonds is 4. The van der Waals surface area contributed by atoms with E-state index in [9.17, 15) is 9.59 Å². The van der Waals surface area contributed by atoms with Crippen molar-refractivity contribution < 1.29 is 4.79 Å². The Hall–Kier alpha value is -3.16. The van der Waals surface area contributed by atoms with E-state index in [2.05, 4.69) is 27.2 Å². The van der Waals surface area contributed by atoms with Crippen molar-refractivity contribution in [3.63, 3.8) is 0 Å². The molecule has 0 spiro atoms. The number of piperidine rings is 1. The Kier molecular flexibility index (Phi) is 4.85. The zero-order valence-electron chi connectivity index (χ0n) is 16.1. The number of anilines is 2. The molecule has 0 bridgehead atoms. The molecule has 1 aliphatic rings. The van der Waals surface area contributed by atoms with E-state index in [-0.39, 0.29) is 18.0 Å². The van der Waals surface area contributed by atoms with Gasteiger partial charge in [-0.05, 0) is 43.0 Å². The second-order valence-corrected chi connectivity index (χ2v) is 7.45. The Balaban J connectivity index is 1.41. The SMILES string of the molecule is CC1CCN(c2ccc(NC(=O)Cn3cnc4c(cnn4C)c3=O)cc2)CC1. The molecule has 0 unspecified atom stereocenters. The highest BCUT2D eigenvalue weighted by atomic mass is 16.2. The molecule has 1 amide bonds. The average Bonchev–Trinajstić information content (AvgIpc) is 3.07. The molecule has 8 nitrogen and oxygen atoms in total. The topological polar surface area (TPSA) is 85.1 Å². The second-order valence-electron chi connectivity index (χ2n) is 7.45. The van der Waals surface area contributed by atoms with Crippen LogP contribution in [0.15, 0.2) is 41.6 Å². The number of hydrogen-bond acceptors (Lipinski definition) is 5. The normalized spacial score (nSPS) is 15.1. The lowest BCUT2D eigenvalue weighted by molar-refractivity contribution is -0.116. The predicted octanol–water partition coefficient (Wildman–Crippen LogP) is 2.00. The van der Waals surface area contributed by atoms with Crippen LogP contribution in [-0.4, -0.2) is 38.3 Å². The fourth-order valence-electron chi connectivity index (χ4n) is 3.56. The van der Waals surface area contributed by atoms with Crippen molar-refractivity contribution in [2.24, 2.45) is 13.0 Å². The van der Waals surface area contributed by atoms with Crippen LogP contribution in [0.25, 0.3) is 11.0 Å². The number of aryl methyl sites for hydroxylation is 1. The first-order valence-corrected chi connectivity index (χ1v) is 9.53. The summed E-state index contributed by atoms with van der Waals surface area (Å²) < 4.78 is 2.83. The first-order valence-electron chi connectivity index (χ1n) is 9.53. The van der Waals surface area contributed by atoms with Gasteiger partial charge in [-0.3, -0.25) is 18.8 Å². The van der Waals surface area contributed by atoms with Crippen LogP contribution in [0.5, 0.6) is 0 Å². The minimum Gasteiger partial charge on any atom is -0.372 e. The van der Waals surface area contributed by atoms with Gasteiger partial charge in [-0.15, -0.1) is 0 Å². The Labute approximate surface area is 162 Å². The number of carbonyl (C=O) groups is 1. The van der Waals surface area contributed by atoms with E-state index in [0.29, 0.717) is 16.7 Å². The lowest BCUT2D eigenvalue weighted by atomic mass is 9.99. The smallest absolute Gasteiger partial charge is 0.264 e. The van der Waals surface area contributed by atoms with E-state index >= 15 is 0 Å². The molecule has 0 aliphatic carbocycles. The molecule has 1 aliphatic heterocycles. The third kappa shape index (κ3) is 3.62. The Morgan fingerprint density at radius 2 is 1.93 bits per heavy atom. The first kappa shape index (κ1) is 18.2. The average molecular weight is 380 g/mol. The first-order chi connectivity index (χ1) is 13.5. The van der Waals surface area contributed by atoms with Crippen molar-refractivity contribution >= 4 is 28.3 Å². The van der Waals surface area contributed by atoms with Gasteiger partial charge >= 0.3 is 0 Å². The molecule has 1 aromatic carbocycles. The summed E-state index contributed by atoms with van der Waals surface area (Å²) in [6, 6.07) is 7.86. The molecular weight excluding hydrogens is 356 g/mol. The second kappa shape index (κ2) is 7.46. The number of amides is 1. The third-order valence-electron chi connectivity index (χ3n) is 5.33. The third-order valence-corrected chi connectivity index (χ3v) is 5.33. The van der Waals surface area contributed by atoms with Crippen molar-refractivity contribution in [1.82, 2.24) is 19.3 Å². The quantitative estimate of drug-likeness (QED) is 0.748. The minimum atomic E-state index is -0.275. The van der Waals surface area contributed by atoms with Crippen molar-refractivity contribution in [1.29, 1.82) is 0 Å². The van der Waals surface area contributed by atoms with Gasteiger partial charge in [0.05, 0.1) is 6.20 Å². The molecule has 146 valence electrons. The van der Waals surface area contributed by atoms with E-state index in [1.165, 1.54) is 40.3 Å². The monoisotopic (exact) mass is 380 g/mol. The van der Waals surface area contributed by atoms with Gasteiger partial charge in [0.15, 0.2) is 5.65 Å². The summed E-state index contributed by atoms with van der Waals surface area (Å²) in [5.41, 5.74) is 2.11. The van der Waals surface area contributed by atoms with Crippen LogP contribution in [0.1, 0.15) is 19.8 Å². The fourth-order valence-corrected chi connectivity index (χ4v) is 3.56. The zero-order chi connectivity index (χ0) is 19.7. The number of nitrogens with zero attached hydrogens (tertiary/aromatic N) is 5. The molecule has 2 aromatic heterocycles. The van der Waals surface area contributed by atoms with E-state index in [1.54, 1.807) is 7.05 Å². The predicted molar refractivity (Wildman–Crippen MR) is 108 cm³/mol. The van der Waals surface area contributed by atoms with Crippen LogP contribution in [0.4, 0.5) is 11.4 Å². The van der Waals surface area contributed by atoms with Crippen molar-refractivity contribution in [3.05, 3.63) is 47.1 Å². The van der Waals surface area contributed by atoms with Crippen LogP contribution in [0, 0.1) is 5.92 Å². The maximum atomic E-state index is 12.5. The highest BCUT2D eigenvalue weighted by Gasteiger charge is 2.16. The maximum absolute atomic E-state index is 12.5. The van der Waals surface area contributed by atoms with Gasteiger partial charge in [0.2, 0.25) is 5.91 Å². The number of carbonyl (C=O) groups excluding carboxylic acids is 1. The maximum Gasteiger partial charge on any atom is 0.264 e. The minimum absolute atomic E-state index is 0.0948. The number of hydrogen-bond donors (Lipinski definition) is 1. The largest absolute Gasteiger partial charge is 0.372 e. The molecule has 0 saturated carbocycles. The number of nitrogens with one attached hydrogen (secondary N) is 1. The van der Waals surface area contributed by atoms with Gasteiger partial charge in [-0.25, -0.2) is 4.98 Å². The van der Waals surface area contributed by atoms with E-state index < -0.39 is 0 Å². The Bertz CT molecular complexity index is 1040. The summed E-state index contributed by atoms with van der Waals surface area (Å²) in [6.45, 7) is 4.34. The molecule has 0 atom stereocenters. The van der Waals surface area contributed by atoms with Crippen molar-refractivity contribution in [2.75, 3.05) is 23.3 Å². The van der Waals surface area contributed by atoms with E-state index in [4.69, 9.17) is 0 Å². The summed E-state index contributed by atoms with van der Waals surface area (Å²) >= 11 is 0. The van der Waals surface area contributed by atoms with Crippen LogP contribution in [0.3, 0.4) is 0 Å². The van der Waals surface area contributed by atoms with Crippen molar-refractivity contribution in [2.45, 2.75) is 26.3 Å². The zero-order valence-corrected chi connectivity index (χ0v) is 16.1. The lowest BCUT2D eigenvalue weighted by Gasteiger charge is -2.32. The molecule has 3 heterocycles. The van der Waals surface area contributed by atoms with Gasteiger partial charge in [0.1, 0.15) is 18.3 Å². The summed E-state index contributed by atoms with van der Waals surface area (Å²) in [5.74, 6) is 0.519. The highest BCUT2D eigenvalue weighted by Crippen LogP contribution is 2.24. The molecule has 1 fully saturated rings. The molecule has 1 saturated heterocycles. The number of benzene rings is 1. The summed E-state index contributed by atoms with van der Waals surface area (Å²) in [7, 11) is 1.72. The summed E-state index contributed by atoms with van der Waals surface area (Å²) in [5, 5.41) is 7.27. The Morgan fingerprint density at radius 3 is 2.64 bits per heavy atom. The highest BCUT2D eigenvalue weighted by molar-refractivity contribution is 5.90. The Morgan fingerprint density at radius 1 is 1.21 bits per heavy atom. The summed E-state index contributed by atoms with van der Waals surface area (Å²) in [6.07, 6.45) is 5.27. The molecule has 28 heavy (non-hydrogen) atoms. The standard InChI is InChI=1S/C20H24N6O2/c1-14-7-9-25(10-8-14)16-5-3-15(4-6-16)23-18(27)12-26-13-21-19-17(20(26)28)11-22-24(19)2/h3-6,11,13-14H,7-10,12H2,1-2H3,(H,23,27). The molecule has 1 N–H and O–H groups in total. The number of fused-ring (bicyclic) bond motifs is 1. The van der Waals surface area contributed by atoms with Crippen molar-refractivity contribution in [3.8, 4) is 0 Å². The molecule has 8 heteroatoms. The fraction of sp³-hybridized carbons (Fsp3) is 0.400. The van der Waals surface area contributed by atoms with E-state index in [1.807, 2.05) is 24.3 Å². The summed E-state index contributed by atoms with van der Waals surface area (Å²) in [4.78, 5) is 31.4. The molecular formula is C20H24N6O2. The van der Waals surface area contributed by atoms with E-state index in [0.717, 1.165) is 19.0 Å². The molecule has 0 radical (unpaired) electrons.